The highest BCUT2D eigenvalue weighted by atomic mass is 32.2. The van der Waals surface area contributed by atoms with E-state index in [-0.39, 0.29) is 17.5 Å². The Bertz CT molecular complexity index is 167. The highest BCUT2D eigenvalue weighted by molar-refractivity contribution is 8.13. The van der Waals surface area contributed by atoms with Crippen LogP contribution in [0, 0.1) is 0 Å². The predicted molar refractivity (Wildman–Crippen MR) is 39.3 cm³/mol. The van der Waals surface area contributed by atoms with Gasteiger partial charge in [0.15, 0.2) is 7.98 Å². The summed E-state index contributed by atoms with van der Waals surface area (Å²) in [7, 11) is 4.78. The van der Waals surface area contributed by atoms with E-state index < -0.39 is 17.4 Å². The predicted octanol–water partition coefficient (Wildman–Crippen LogP) is -0.0646. The third-order valence-corrected chi connectivity index (χ3v) is 1.59. The summed E-state index contributed by atoms with van der Waals surface area (Å²) in [6.45, 7) is 0. The van der Waals surface area contributed by atoms with Crippen LogP contribution in [0.5, 0.6) is 0 Å². The van der Waals surface area contributed by atoms with Gasteiger partial charge in [-0.25, -0.2) is 4.79 Å². The summed E-state index contributed by atoms with van der Waals surface area (Å²) in [6.07, 6.45) is 0. The molecule has 0 aromatic rings. The molecule has 60 valence electrons. The summed E-state index contributed by atoms with van der Waals surface area (Å²) in [6, 6.07) is -1.10. The minimum absolute atomic E-state index is 0.221. The molecule has 0 unspecified atom stereocenters. The number of nitrogens with one attached hydrogen (secondary N) is 1. The van der Waals surface area contributed by atoms with Crippen LogP contribution >= 0.6 is 11.8 Å². The number of halogens is 1. The smallest absolute Gasteiger partial charge is 0.359 e. The van der Waals surface area contributed by atoms with Gasteiger partial charge >= 0.3 is 11.3 Å². The number of hydrogen-bond acceptors (Lipinski definition) is 4. The van der Waals surface area contributed by atoms with Crippen LogP contribution in [0.1, 0.15) is 0 Å². The van der Waals surface area contributed by atoms with Crippen molar-refractivity contribution in [3.05, 3.63) is 0 Å². The molecule has 4 nitrogen and oxygen atoms in total. The molecule has 0 aliphatic carbocycles. The molecule has 0 saturated carbocycles. The van der Waals surface area contributed by atoms with Crippen molar-refractivity contribution in [3.63, 3.8) is 0 Å². The maximum absolute atomic E-state index is 11.5. The molecule has 0 rings (SSSR count). The van der Waals surface area contributed by atoms with Crippen molar-refractivity contribution < 1.29 is 19.1 Å². The average molecular weight is 177 g/mol. The van der Waals surface area contributed by atoms with E-state index in [0.717, 1.165) is 0 Å². The third-order valence-electron chi connectivity index (χ3n) is 0.863. The van der Waals surface area contributed by atoms with Crippen molar-refractivity contribution in [1.29, 1.82) is 0 Å². The van der Waals surface area contributed by atoms with Gasteiger partial charge in [0, 0.05) is 5.75 Å². The van der Waals surface area contributed by atoms with Crippen LogP contribution < -0.4 is 5.23 Å². The van der Waals surface area contributed by atoms with Crippen LogP contribution in [0.15, 0.2) is 0 Å². The van der Waals surface area contributed by atoms with Gasteiger partial charge in [-0.1, -0.05) is 0 Å². The number of carbonyl (C=O) groups excluding carboxylic acids is 1. The quantitative estimate of drug-likeness (QED) is 0.464. The lowest BCUT2D eigenvalue weighted by molar-refractivity contribution is -0.138. The van der Waals surface area contributed by atoms with Crippen LogP contribution in [-0.2, 0) is 4.79 Å². The Labute approximate surface area is 68.0 Å². The standard InChI is InChI=1S/C4H5BFNO3S/c5-7-2(3(8)9)1-11-4(6)10/h2,7H,1H2,(H,8,9)/t2-/m0/s1. The Hall–Kier alpha value is -0.555. The van der Waals surface area contributed by atoms with Gasteiger partial charge in [-0.05, 0) is 11.8 Å². The Morgan fingerprint density at radius 2 is 2.27 bits per heavy atom. The Kier molecular flexibility index (Phi) is 4.88. The molecule has 0 saturated heterocycles. The summed E-state index contributed by atoms with van der Waals surface area (Å²) in [5, 5.41) is 8.60. The zero-order chi connectivity index (χ0) is 8.85. The van der Waals surface area contributed by atoms with E-state index in [1.165, 1.54) is 0 Å². The summed E-state index contributed by atoms with van der Waals surface area (Å²) in [5.74, 6) is -1.44. The fourth-order valence-electron chi connectivity index (χ4n) is 0.340. The number of hydrogen-bond donors (Lipinski definition) is 2. The monoisotopic (exact) mass is 177 g/mol. The molecule has 0 heterocycles. The van der Waals surface area contributed by atoms with Crippen molar-refractivity contribution in [2.75, 3.05) is 5.75 Å². The number of carbonyl (C=O) groups is 2. The fourth-order valence-corrected chi connectivity index (χ4v) is 0.876. The summed E-state index contributed by atoms with van der Waals surface area (Å²) < 4.78 is 11.5. The van der Waals surface area contributed by atoms with E-state index in [0.29, 0.717) is 0 Å². The van der Waals surface area contributed by atoms with E-state index in [4.69, 9.17) is 13.1 Å². The van der Waals surface area contributed by atoms with Gasteiger partial charge in [0.05, 0.1) is 0 Å². The van der Waals surface area contributed by atoms with Crippen molar-refractivity contribution in [1.82, 2.24) is 5.23 Å². The molecule has 2 radical (unpaired) electrons. The Balaban J connectivity index is 3.70. The van der Waals surface area contributed by atoms with E-state index in [2.05, 4.69) is 0 Å². The van der Waals surface area contributed by atoms with E-state index in [1.54, 1.807) is 0 Å². The van der Waals surface area contributed by atoms with Gasteiger partial charge < -0.3 is 10.3 Å². The third kappa shape index (κ3) is 4.80. The maximum atomic E-state index is 11.5. The number of aliphatic carboxylic acids is 1. The SMILES string of the molecule is [B]N[C@@H](CSC(=O)F)C(=O)O. The topological polar surface area (TPSA) is 66.4 Å². The average Bonchev–Trinajstić information content (AvgIpc) is 1.87. The summed E-state index contributed by atoms with van der Waals surface area (Å²) >= 11 is 0.263. The molecule has 0 fully saturated rings. The second kappa shape index (κ2) is 5.14. The molecular formula is C4H5BFNO3S. The second-order valence-corrected chi connectivity index (χ2v) is 2.55. The van der Waals surface area contributed by atoms with Gasteiger partial charge in [0.1, 0.15) is 6.04 Å². The normalized spacial score (nSPS) is 12.5. The lowest BCUT2D eigenvalue weighted by Gasteiger charge is -2.07. The van der Waals surface area contributed by atoms with Gasteiger partial charge in [-0.15, -0.1) is 0 Å². The number of carboxylic acid groups (broad SMARTS) is 1. The highest BCUT2D eigenvalue weighted by Crippen LogP contribution is 2.06. The molecule has 0 aliphatic rings. The molecule has 0 amide bonds. The molecule has 0 bridgehead atoms. The number of carboxylic acids is 1. The first-order valence-corrected chi connectivity index (χ1v) is 3.57. The van der Waals surface area contributed by atoms with Crippen LogP contribution in [0.4, 0.5) is 9.18 Å². The van der Waals surface area contributed by atoms with Crippen LogP contribution in [0.2, 0.25) is 0 Å². The first kappa shape index (κ1) is 10.4. The summed E-state index contributed by atoms with van der Waals surface area (Å²) in [4.78, 5) is 19.9. The minimum Gasteiger partial charge on any atom is -0.480 e. The first-order valence-electron chi connectivity index (χ1n) is 2.59. The lowest BCUT2D eigenvalue weighted by atomic mass is 10.3. The van der Waals surface area contributed by atoms with Gasteiger partial charge in [-0.2, -0.15) is 4.39 Å². The van der Waals surface area contributed by atoms with E-state index in [9.17, 15) is 14.0 Å². The summed E-state index contributed by atoms with van der Waals surface area (Å²) in [5.41, 5.74) is 0. The van der Waals surface area contributed by atoms with Crippen molar-refractivity contribution in [2.45, 2.75) is 6.04 Å². The zero-order valence-corrected chi connectivity index (χ0v) is 6.23. The zero-order valence-electron chi connectivity index (χ0n) is 5.41. The van der Waals surface area contributed by atoms with Gasteiger partial charge in [0.25, 0.3) is 0 Å². The van der Waals surface area contributed by atoms with Gasteiger partial charge in [-0.3, -0.25) is 4.79 Å². The Morgan fingerprint density at radius 3 is 2.55 bits per heavy atom. The van der Waals surface area contributed by atoms with Crippen LogP contribution in [0.25, 0.3) is 0 Å². The van der Waals surface area contributed by atoms with Crippen molar-refractivity contribution in [2.24, 2.45) is 0 Å². The second-order valence-electron chi connectivity index (χ2n) is 1.61. The molecule has 1 atom stereocenters. The molecule has 0 spiro atoms. The molecule has 0 aliphatic heterocycles. The molecule has 11 heavy (non-hydrogen) atoms. The number of rotatable bonds is 4. The molecule has 0 aromatic carbocycles. The molecular weight excluding hydrogens is 172 g/mol. The highest BCUT2D eigenvalue weighted by Gasteiger charge is 2.15. The fraction of sp³-hybridized carbons (Fsp3) is 0.500. The van der Waals surface area contributed by atoms with Gasteiger partial charge in [0.2, 0.25) is 0 Å². The largest absolute Gasteiger partial charge is 0.480 e. The molecule has 0 aromatic heterocycles. The Morgan fingerprint density at radius 1 is 1.73 bits per heavy atom. The van der Waals surface area contributed by atoms with E-state index in [1.807, 2.05) is 5.23 Å². The first-order chi connectivity index (χ1) is 5.07. The van der Waals surface area contributed by atoms with Crippen LogP contribution in [0.3, 0.4) is 0 Å². The van der Waals surface area contributed by atoms with Crippen molar-refractivity contribution in [3.8, 4) is 0 Å². The molecule has 7 heteroatoms. The maximum Gasteiger partial charge on any atom is 0.359 e. The minimum atomic E-state index is -1.62. The molecule has 2 N–H and O–H groups in total. The number of thioether (sulfide) groups is 1. The lowest BCUT2D eigenvalue weighted by Crippen LogP contribution is -2.37. The van der Waals surface area contributed by atoms with E-state index >= 15 is 0 Å². The van der Waals surface area contributed by atoms with Crippen LogP contribution in [-0.4, -0.2) is 36.2 Å². The van der Waals surface area contributed by atoms with Crippen molar-refractivity contribution >= 4 is 31.1 Å².